The number of Topliss-reactive ketones (excluding diaryl/α,β-unsaturated/α-hetero) is 1. The van der Waals surface area contributed by atoms with Crippen LogP contribution < -0.4 is 15.0 Å². The van der Waals surface area contributed by atoms with Gasteiger partial charge in [0, 0.05) is 11.1 Å². The summed E-state index contributed by atoms with van der Waals surface area (Å²) in [5, 5.41) is 2.83. The molecular formula is C20H25N2O3+. The zero-order valence-electron chi connectivity index (χ0n) is 15.0. The second-order valence-electron chi connectivity index (χ2n) is 6.04. The summed E-state index contributed by atoms with van der Waals surface area (Å²) < 4.78 is 5.43. The molecule has 0 fully saturated rings. The maximum Gasteiger partial charge on any atom is 0.279 e. The number of nitrogens with one attached hydrogen (secondary N) is 2. The monoisotopic (exact) mass is 341 g/mol. The number of quaternary nitrogens is 1. The van der Waals surface area contributed by atoms with Gasteiger partial charge < -0.3 is 15.0 Å². The van der Waals surface area contributed by atoms with E-state index in [1.807, 2.05) is 38.2 Å². The van der Waals surface area contributed by atoms with Gasteiger partial charge in [0.15, 0.2) is 12.3 Å². The van der Waals surface area contributed by atoms with Crippen LogP contribution in [0.4, 0.5) is 5.69 Å². The molecule has 0 aliphatic carbocycles. The van der Waals surface area contributed by atoms with Gasteiger partial charge in [-0.25, -0.2) is 0 Å². The third-order valence-corrected chi connectivity index (χ3v) is 3.78. The molecule has 2 rings (SSSR count). The number of hydrogen-bond donors (Lipinski definition) is 2. The third-order valence-electron chi connectivity index (χ3n) is 3.78. The number of ketones is 1. The minimum Gasteiger partial charge on any atom is -0.494 e. The molecule has 0 aliphatic heterocycles. The van der Waals surface area contributed by atoms with Crippen molar-refractivity contribution in [2.45, 2.75) is 20.4 Å². The summed E-state index contributed by atoms with van der Waals surface area (Å²) in [7, 11) is 1.97. The van der Waals surface area contributed by atoms with E-state index in [1.54, 1.807) is 24.3 Å². The summed E-state index contributed by atoms with van der Waals surface area (Å²) >= 11 is 0. The lowest BCUT2D eigenvalue weighted by Gasteiger charge is -2.15. The van der Waals surface area contributed by atoms with Crippen LogP contribution in [0.2, 0.25) is 0 Å². The first-order chi connectivity index (χ1) is 12.0. The number of carbonyl (C=O) groups is 2. The molecule has 25 heavy (non-hydrogen) atoms. The van der Waals surface area contributed by atoms with Crippen molar-refractivity contribution in [2.75, 3.05) is 25.5 Å². The van der Waals surface area contributed by atoms with E-state index in [1.165, 1.54) is 6.92 Å². The molecule has 5 heteroatoms. The molecule has 2 N–H and O–H groups in total. The molecule has 5 nitrogen and oxygen atoms in total. The fourth-order valence-electron chi connectivity index (χ4n) is 2.65. The minimum atomic E-state index is -0.114. The molecular weight excluding hydrogens is 316 g/mol. The molecule has 0 aliphatic rings. The average Bonchev–Trinajstić information content (AvgIpc) is 2.57. The largest absolute Gasteiger partial charge is 0.494 e. The molecule has 2 aromatic rings. The summed E-state index contributed by atoms with van der Waals surface area (Å²) in [6.45, 7) is 5.14. The molecule has 0 saturated heterocycles. The number of ether oxygens (including phenoxy) is 1. The van der Waals surface area contributed by atoms with Gasteiger partial charge in [-0.2, -0.15) is 0 Å². The highest BCUT2D eigenvalue weighted by Gasteiger charge is 2.14. The Balaban J connectivity index is 1.91. The number of carbonyl (C=O) groups excluding carboxylic acids is 2. The highest BCUT2D eigenvalue weighted by molar-refractivity contribution is 6.03. The first-order valence-corrected chi connectivity index (χ1v) is 8.42. The molecule has 0 heterocycles. The summed E-state index contributed by atoms with van der Waals surface area (Å²) in [5.74, 6) is 0.672. The van der Waals surface area contributed by atoms with Gasteiger partial charge in [-0.3, -0.25) is 9.59 Å². The molecule has 1 atom stereocenters. The van der Waals surface area contributed by atoms with Crippen LogP contribution in [-0.4, -0.2) is 31.9 Å². The number of para-hydroxylation sites is 1. The molecule has 0 aromatic heterocycles. The van der Waals surface area contributed by atoms with Gasteiger partial charge in [0.25, 0.3) is 5.91 Å². The van der Waals surface area contributed by atoms with Crippen LogP contribution in [0.25, 0.3) is 0 Å². The molecule has 0 bridgehead atoms. The lowest BCUT2D eigenvalue weighted by Crippen LogP contribution is -3.08. The van der Waals surface area contributed by atoms with Crippen LogP contribution in [0.1, 0.15) is 29.8 Å². The lowest BCUT2D eigenvalue weighted by atomic mass is 10.1. The summed E-state index contributed by atoms with van der Waals surface area (Å²) in [5.41, 5.74) is 2.23. The molecule has 0 spiro atoms. The maximum absolute atomic E-state index is 12.3. The Bertz CT molecular complexity index is 726. The van der Waals surface area contributed by atoms with Crippen molar-refractivity contribution >= 4 is 17.4 Å². The highest BCUT2D eigenvalue weighted by Crippen LogP contribution is 2.15. The van der Waals surface area contributed by atoms with Gasteiger partial charge in [-0.15, -0.1) is 0 Å². The quantitative estimate of drug-likeness (QED) is 0.722. The van der Waals surface area contributed by atoms with Crippen LogP contribution in [0.5, 0.6) is 5.75 Å². The van der Waals surface area contributed by atoms with Gasteiger partial charge >= 0.3 is 0 Å². The number of benzene rings is 2. The third kappa shape index (κ3) is 5.72. The minimum absolute atomic E-state index is 0.0639. The zero-order valence-corrected chi connectivity index (χ0v) is 15.0. The zero-order chi connectivity index (χ0) is 18.2. The number of anilines is 1. The number of amides is 1. The van der Waals surface area contributed by atoms with Crippen LogP contribution in [0.3, 0.4) is 0 Å². The van der Waals surface area contributed by atoms with Crippen LogP contribution in [0.15, 0.2) is 48.5 Å². The van der Waals surface area contributed by atoms with Crippen molar-refractivity contribution in [1.29, 1.82) is 0 Å². The van der Waals surface area contributed by atoms with E-state index in [-0.39, 0.29) is 11.7 Å². The molecule has 1 unspecified atom stereocenters. The van der Waals surface area contributed by atoms with Gasteiger partial charge in [0.1, 0.15) is 12.3 Å². The van der Waals surface area contributed by atoms with E-state index in [0.717, 1.165) is 22.8 Å². The highest BCUT2D eigenvalue weighted by atomic mass is 16.5. The second kappa shape index (κ2) is 8.99. The molecule has 132 valence electrons. The second-order valence-corrected chi connectivity index (χ2v) is 6.04. The van der Waals surface area contributed by atoms with Crippen molar-refractivity contribution in [3.05, 3.63) is 59.7 Å². The first-order valence-electron chi connectivity index (χ1n) is 8.42. The lowest BCUT2D eigenvalue weighted by molar-refractivity contribution is -0.885. The fraction of sp³-hybridized carbons (Fsp3) is 0.300. The Kier molecular flexibility index (Phi) is 6.71. The Hall–Kier alpha value is -2.66. The Morgan fingerprint density at radius 3 is 2.40 bits per heavy atom. The van der Waals surface area contributed by atoms with Crippen molar-refractivity contribution < 1.29 is 19.2 Å². The predicted molar refractivity (Wildman–Crippen MR) is 98.1 cm³/mol. The van der Waals surface area contributed by atoms with E-state index in [0.29, 0.717) is 24.4 Å². The van der Waals surface area contributed by atoms with Gasteiger partial charge in [-0.1, -0.05) is 12.1 Å². The standard InChI is InChI=1S/C20H24N2O3/c1-4-25-17-11-9-16(10-12-17)13-22(3)14-20(24)21-19-8-6-5-7-18(19)15(2)23/h5-12H,4,13-14H2,1-3H3,(H,21,24)/p+1. The number of likely N-dealkylation sites (N-methyl/N-ethyl adjacent to an activating group) is 1. The van der Waals surface area contributed by atoms with Crippen molar-refractivity contribution in [3.63, 3.8) is 0 Å². The maximum atomic E-state index is 12.3. The molecule has 0 radical (unpaired) electrons. The van der Waals surface area contributed by atoms with Gasteiger partial charge in [0.05, 0.1) is 19.3 Å². The van der Waals surface area contributed by atoms with E-state index in [9.17, 15) is 9.59 Å². The molecule has 1 amide bonds. The smallest absolute Gasteiger partial charge is 0.279 e. The first kappa shape index (κ1) is 18.7. The number of rotatable bonds is 8. The summed E-state index contributed by atoms with van der Waals surface area (Å²) in [4.78, 5) is 24.9. The summed E-state index contributed by atoms with van der Waals surface area (Å²) in [6.07, 6.45) is 0. The average molecular weight is 341 g/mol. The van der Waals surface area contributed by atoms with Crippen molar-refractivity contribution in [2.24, 2.45) is 0 Å². The van der Waals surface area contributed by atoms with Crippen LogP contribution in [0, 0.1) is 0 Å². The van der Waals surface area contributed by atoms with E-state index in [4.69, 9.17) is 4.74 Å². The molecule has 2 aromatic carbocycles. The Morgan fingerprint density at radius 2 is 1.76 bits per heavy atom. The topological polar surface area (TPSA) is 59.8 Å². The molecule has 0 saturated carbocycles. The van der Waals surface area contributed by atoms with Gasteiger partial charge in [0.2, 0.25) is 0 Å². The van der Waals surface area contributed by atoms with Crippen LogP contribution >= 0.6 is 0 Å². The Labute approximate surface area is 148 Å². The van der Waals surface area contributed by atoms with E-state index in [2.05, 4.69) is 5.32 Å². The summed E-state index contributed by atoms with van der Waals surface area (Å²) in [6, 6.07) is 15.0. The van der Waals surface area contributed by atoms with Crippen molar-refractivity contribution in [3.8, 4) is 5.75 Å². The van der Waals surface area contributed by atoms with Gasteiger partial charge in [-0.05, 0) is 50.2 Å². The van der Waals surface area contributed by atoms with E-state index >= 15 is 0 Å². The normalized spacial score (nSPS) is 11.6. The van der Waals surface area contributed by atoms with Crippen molar-refractivity contribution in [1.82, 2.24) is 0 Å². The van der Waals surface area contributed by atoms with E-state index < -0.39 is 0 Å². The number of hydrogen-bond acceptors (Lipinski definition) is 3. The van der Waals surface area contributed by atoms with Crippen LogP contribution in [-0.2, 0) is 11.3 Å². The SMILES string of the molecule is CCOc1ccc(C[NH+](C)CC(=O)Nc2ccccc2C(C)=O)cc1. The fourth-order valence-corrected chi connectivity index (χ4v) is 2.65. The Morgan fingerprint density at radius 1 is 1.08 bits per heavy atom. The predicted octanol–water partition coefficient (Wildman–Crippen LogP) is 1.94.